The number of rotatable bonds is 2. The van der Waals surface area contributed by atoms with Crippen LogP contribution in [0.1, 0.15) is 12.8 Å². The van der Waals surface area contributed by atoms with E-state index in [4.69, 9.17) is 0 Å². The first kappa shape index (κ1) is 14.1. The van der Waals surface area contributed by atoms with E-state index in [2.05, 4.69) is 15.1 Å². The molecule has 2 aromatic heterocycles. The molecule has 2 fully saturated rings. The predicted octanol–water partition coefficient (Wildman–Crippen LogP) is 0.983. The van der Waals surface area contributed by atoms with Gasteiger partial charge in [-0.3, -0.25) is 9.48 Å². The van der Waals surface area contributed by atoms with E-state index < -0.39 is 5.82 Å². The first-order valence-electron chi connectivity index (χ1n) is 7.56. The zero-order valence-electron chi connectivity index (χ0n) is 12.8. The van der Waals surface area contributed by atoms with Crippen molar-refractivity contribution in [1.82, 2.24) is 19.7 Å². The van der Waals surface area contributed by atoms with Gasteiger partial charge < -0.3 is 9.80 Å². The van der Waals surface area contributed by atoms with Gasteiger partial charge in [-0.2, -0.15) is 5.10 Å². The van der Waals surface area contributed by atoms with Crippen molar-refractivity contribution in [2.75, 3.05) is 29.4 Å². The largest absolute Gasteiger partial charge is 0.340 e. The van der Waals surface area contributed by atoms with Crippen molar-refractivity contribution >= 4 is 17.5 Å². The fourth-order valence-corrected chi connectivity index (χ4v) is 3.53. The van der Waals surface area contributed by atoms with Crippen LogP contribution in [0.2, 0.25) is 0 Å². The third-order valence-corrected chi connectivity index (χ3v) is 4.65. The number of amides is 1. The van der Waals surface area contributed by atoms with Crippen molar-refractivity contribution in [1.29, 1.82) is 0 Å². The van der Waals surface area contributed by atoms with Crippen LogP contribution in [-0.2, 0) is 11.8 Å². The van der Waals surface area contributed by atoms with E-state index in [1.54, 1.807) is 10.9 Å². The summed E-state index contributed by atoms with van der Waals surface area (Å²) < 4.78 is 14.7. The Hall–Kier alpha value is -2.51. The van der Waals surface area contributed by atoms with E-state index in [-0.39, 0.29) is 11.3 Å². The summed E-state index contributed by atoms with van der Waals surface area (Å²) >= 11 is 0. The number of carbonyl (C=O) groups is 1. The van der Waals surface area contributed by atoms with Crippen molar-refractivity contribution in [3.05, 3.63) is 30.6 Å². The minimum Gasteiger partial charge on any atom is -0.340 e. The lowest BCUT2D eigenvalue weighted by Crippen LogP contribution is -2.31. The van der Waals surface area contributed by atoms with Crippen LogP contribution >= 0.6 is 0 Å². The lowest BCUT2D eigenvalue weighted by Gasteiger charge is -2.23. The smallest absolute Gasteiger partial charge is 0.227 e. The van der Waals surface area contributed by atoms with E-state index in [0.29, 0.717) is 25.5 Å². The lowest BCUT2D eigenvalue weighted by molar-refractivity contribution is -0.117. The summed E-state index contributed by atoms with van der Waals surface area (Å²) in [6, 6.07) is 0. The van der Waals surface area contributed by atoms with Crippen LogP contribution in [0.15, 0.2) is 24.8 Å². The Bertz CT molecular complexity index is 745. The molecule has 2 aliphatic heterocycles. The number of halogens is 1. The molecule has 23 heavy (non-hydrogen) atoms. The molecular formula is C15H17FN6O. The number of carbonyl (C=O) groups excluding carboxylic acids is 1. The number of nitrogens with zero attached hydrogens (tertiary/aromatic N) is 6. The van der Waals surface area contributed by atoms with E-state index in [9.17, 15) is 9.18 Å². The van der Waals surface area contributed by atoms with Crippen molar-refractivity contribution in [3.63, 3.8) is 0 Å². The lowest BCUT2D eigenvalue weighted by atomic mass is 9.86. The second-order valence-corrected chi connectivity index (χ2v) is 6.40. The van der Waals surface area contributed by atoms with Gasteiger partial charge in [-0.05, 0) is 6.42 Å². The van der Waals surface area contributed by atoms with E-state index >= 15 is 0 Å². The molecular weight excluding hydrogens is 299 g/mol. The molecule has 7 nitrogen and oxygen atoms in total. The highest BCUT2D eigenvalue weighted by atomic mass is 19.1. The first-order chi connectivity index (χ1) is 11.0. The van der Waals surface area contributed by atoms with Crippen LogP contribution < -0.4 is 9.80 Å². The van der Waals surface area contributed by atoms with E-state index in [1.807, 2.05) is 23.0 Å². The molecule has 0 aromatic carbocycles. The molecule has 2 saturated heterocycles. The Morgan fingerprint density at radius 2 is 2.00 bits per heavy atom. The summed E-state index contributed by atoms with van der Waals surface area (Å²) in [6.07, 6.45) is 7.33. The second kappa shape index (κ2) is 5.00. The molecule has 0 saturated carbocycles. The number of hydrogen-bond acceptors (Lipinski definition) is 5. The van der Waals surface area contributed by atoms with Crippen molar-refractivity contribution in [2.45, 2.75) is 12.8 Å². The van der Waals surface area contributed by atoms with Crippen molar-refractivity contribution in [3.8, 4) is 0 Å². The van der Waals surface area contributed by atoms with Gasteiger partial charge in [0, 0.05) is 44.7 Å². The van der Waals surface area contributed by atoms with Gasteiger partial charge in [0.05, 0.1) is 24.3 Å². The normalized spacial score (nSPS) is 24.2. The molecule has 4 rings (SSSR count). The molecule has 120 valence electrons. The summed E-state index contributed by atoms with van der Waals surface area (Å²) in [6.45, 7) is 2.16. The maximum absolute atomic E-state index is 13.0. The quantitative estimate of drug-likeness (QED) is 0.826. The third-order valence-electron chi connectivity index (χ3n) is 4.65. The van der Waals surface area contributed by atoms with Crippen LogP contribution in [0.25, 0.3) is 0 Å². The molecule has 0 bridgehead atoms. The van der Waals surface area contributed by atoms with Crippen LogP contribution in [0, 0.1) is 11.2 Å². The van der Waals surface area contributed by atoms with Crippen LogP contribution in [-0.4, -0.2) is 45.3 Å². The molecule has 0 radical (unpaired) electrons. The Kier molecular flexibility index (Phi) is 3.07. The second-order valence-electron chi connectivity index (χ2n) is 6.40. The van der Waals surface area contributed by atoms with Gasteiger partial charge in [0.15, 0.2) is 5.82 Å². The summed E-state index contributed by atoms with van der Waals surface area (Å²) in [5.41, 5.74) is 0.746. The minimum absolute atomic E-state index is 0.0926. The standard InChI is InChI=1S/C15H17FN6O/c1-20-8-12(7-19-20)22-10-15(4-13(22)23)2-3-21(9-15)14-17-5-11(16)6-18-14/h5-8H,2-4,9-10H2,1H3/t15-/m1/s1. The highest BCUT2D eigenvalue weighted by Crippen LogP contribution is 2.42. The molecule has 0 unspecified atom stereocenters. The summed E-state index contributed by atoms with van der Waals surface area (Å²) in [4.78, 5) is 24.3. The SMILES string of the molecule is Cn1cc(N2C[C@]3(CCN(c4ncc(F)cn4)C3)CC2=O)cn1. The molecule has 2 aromatic rings. The summed E-state index contributed by atoms with van der Waals surface area (Å²) in [7, 11) is 1.84. The average Bonchev–Trinajstić information content (AvgIpc) is 3.20. The number of aromatic nitrogens is 4. The van der Waals surface area contributed by atoms with Gasteiger partial charge in [-0.1, -0.05) is 0 Å². The Morgan fingerprint density at radius 3 is 2.70 bits per heavy atom. The number of aryl methyl sites for hydroxylation is 1. The van der Waals surface area contributed by atoms with Crippen LogP contribution in [0.5, 0.6) is 0 Å². The maximum atomic E-state index is 13.0. The monoisotopic (exact) mass is 316 g/mol. The molecule has 0 N–H and O–H groups in total. The number of hydrogen-bond donors (Lipinski definition) is 0. The fourth-order valence-electron chi connectivity index (χ4n) is 3.53. The molecule has 2 aliphatic rings. The highest BCUT2D eigenvalue weighted by Gasteiger charge is 2.48. The maximum Gasteiger partial charge on any atom is 0.227 e. The minimum atomic E-state index is -0.443. The predicted molar refractivity (Wildman–Crippen MR) is 81.4 cm³/mol. The first-order valence-corrected chi connectivity index (χ1v) is 7.56. The average molecular weight is 316 g/mol. The molecule has 4 heterocycles. The summed E-state index contributed by atoms with van der Waals surface area (Å²) in [5, 5.41) is 4.14. The fraction of sp³-hybridized carbons (Fsp3) is 0.467. The zero-order valence-corrected chi connectivity index (χ0v) is 12.8. The topological polar surface area (TPSA) is 67.2 Å². The highest BCUT2D eigenvalue weighted by molar-refractivity contribution is 5.96. The van der Waals surface area contributed by atoms with Gasteiger partial charge in [0.25, 0.3) is 0 Å². The zero-order chi connectivity index (χ0) is 16.0. The van der Waals surface area contributed by atoms with E-state index in [0.717, 1.165) is 18.7 Å². The van der Waals surface area contributed by atoms with Gasteiger partial charge >= 0.3 is 0 Å². The number of anilines is 2. The Morgan fingerprint density at radius 1 is 1.22 bits per heavy atom. The molecule has 1 atom stereocenters. The summed E-state index contributed by atoms with van der Waals surface area (Å²) in [5.74, 6) is 0.205. The van der Waals surface area contributed by atoms with Crippen molar-refractivity contribution < 1.29 is 9.18 Å². The molecule has 8 heteroatoms. The van der Waals surface area contributed by atoms with Crippen LogP contribution in [0.4, 0.5) is 16.0 Å². The van der Waals surface area contributed by atoms with Gasteiger partial charge in [0.1, 0.15) is 0 Å². The Labute approximate surface area is 132 Å². The third kappa shape index (κ3) is 2.43. The van der Waals surface area contributed by atoms with Crippen LogP contribution in [0.3, 0.4) is 0 Å². The van der Waals surface area contributed by atoms with Crippen molar-refractivity contribution in [2.24, 2.45) is 12.5 Å². The van der Waals surface area contributed by atoms with E-state index in [1.165, 1.54) is 12.4 Å². The molecule has 1 amide bonds. The van der Waals surface area contributed by atoms with Gasteiger partial charge in [-0.25, -0.2) is 14.4 Å². The van der Waals surface area contributed by atoms with Gasteiger partial charge in [0.2, 0.25) is 11.9 Å². The van der Waals surface area contributed by atoms with Gasteiger partial charge in [-0.15, -0.1) is 0 Å². The Balaban J connectivity index is 1.52. The molecule has 0 aliphatic carbocycles. The molecule has 1 spiro atoms.